The van der Waals surface area contributed by atoms with Gasteiger partial charge in [0, 0.05) is 36.1 Å². The second kappa shape index (κ2) is 6.66. The van der Waals surface area contributed by atoms with E-state index < -0.39 is 12.0 Å². The molecule has 7 heteroatoms. The Kier molecular flexibility index (Phi) is 4.57. The minimum absolute atomic E-state index is 0.168. The van der Waals surface area contributed by atoms with Gasteiger partial charge >= 0.3 is 6.18 Å². The first-order valence-electron chi connectivity index (χ1n) is 7.79. The van der Waals surface area contributed by atoms with Crippen LogP contribution in [0.1, 0.15) is 39.8 Å². The van der Waals surface area contributed by atoms with Crippen molar-refractivity contribution in [3.8, 4) is 0 Å². The van der Waals surface area contributed by atoms with Crippen LogP contribution in [0.25, 0.3) is 0 Å². The van der Waals surface area contributed by atoms with Gasteiger partial charge in [0.25, 0.3) is 0 Å². The van der Waals surface area contributed by atoms with Gasteiger partial charge < -0.3 is 4.98 Å². The molecule has 0 spiro atoms. The van der Waals surface area contributed by atoms with Crippen LogP contribution in [0.5, 0.6) is 0 Å². The summed E-state index contributed by atoms with van der Waals surface area (Å²) in [5, 5.41) is 0. The number of nitrogens with one attached hydrogen (secondary N) is 1. The Morgan fingerprint density at radius 3 is 2.64 bits per heavy atom. The molecule has 1 N–H and O–H groups in total. The lowest BCUT2D eigenvalue weighted by Gasteiger charge is -2.19. The van der Waals surface area contributed by atoms with E-state index in [9.17, 15) is 13.2 Å². The standard InChI is InChI=1S/C18H17F3N4/c1-11-4-3-5-14(12(11)2)15(16-9-22-10-24-16)8-13-6-7-23-17(25-13)18(19,20)21/h3-7,9-10,15H,8H2,1-2H3,(H,22,24)/t15-/m0/s1. The number of hydrogen-bond acceptors (Lipinski definition) is 3. The van der Waals surface area contributed by atoms with Gasteiger partial charge in [-0.05, 0) is 36.6 Å². The smallest absolute Gasteiger partial charge is 0.348 e. The number of halogens is 3. The highest BCUT2D eigenvalue weighted by atomic mass is 19.4. The molecule has 2 heterocycles. The van der Waals surface area contributed by atoms with Gasteiger partial charge in [0.1, 0.15) is 0 Å². The van der Waals surface area contributed by atoms with Crippen molar-refractivity contribution in [1.29, 1.82) is 0 Å². The Bertz CT molecular complexity index is 857. The number of aromatic nitrogens is 4. The minimum Gasteiger partial charge on any atom is -0.348 e. The van der Waals surface area contributed by atoms with E-state index in [0.29, 0.717) is 12.1 Å². The third kappa shape index (κ3) is 3.70. The molecular formula is C18H17F3N4. The minimum atomic E-state index is -4.56. The fourth-order valence-corrected chi connectivity index (χ4v) is 2.85. The Morgan fingerprint density at radius 2 is 1.96 bits per heavy atom. The van der Waals surface area contributed by atoms with Gasteiger partial charge in [0.05, 0.1) is 6.33 Å². The van der Waals surface area contributed by atoms with E-state index >= 15 is 0 Å². The van der Waals surface area contributed by atoms with E-state index in [-0.39, 0.29) is 5.92 Å². The first-order chi connectivity index (χ1) is 11.9. The Hall–Kier alpha value is -2.70. The molecule has 0 amide bonds. The zero-order valence-electron chi connectivity index (χ0n) is 13.8. The van der Waals surface area contributed by atoms with Gasteiger partial charge in [-0.3, -0.25) is 0 Å². The molecule has 0 saturated carbocycles. The van der Waals surface area contributed by atoms with Gasteiger partial charge in [0.15, 0.2) is 0 Å². The number of aryl methyl sites for hydroxylation is 1. The lowest BCUT2D eigenvalue weighted by Crippen LogP contribution is -2.14. The van der Waals surface area contributed by atoms with Crippen LogP contribution in [0, 0.1) is 13.8 Å². The maximum absolute atomic E-state index is 12.9. The van der Waals surface area contributed by atoms with Crippen LogP contribution < -0.4 is 0 Å². The lowest BCUT2D eigenvalue weighted by atomic mass is 9.87. The first kappa shape index (κ1) is 17.1. The van der Waals surface area contributed by atoms with Crippen molar-refractivity contribution in [3.05, 3.63) is 76.9 Å². The fourth-order valence-electron chi connectivity index (χ4n) is 2.85. The van der Waals surface area contributed by atoms with Gasteiger partial charge in [-0.25, -0.2) is 15.0 Å². The zero-order chi connectivity index (χ0) is 18.0. The van der Waals surface area contributed by atoms with E-state index in [0.717, 1.165) is 28.6 Å². The number of nitrogens with zero attached hydrogens (tertiary/aromatic N) is 3. The van der Waals surface area contributed by atoms with Crippen LogP contribution in [0.4, 0.5) is 13.2 Å². The van der Waals surface area contributed by atoms with Crippen LogP contribution in [0.15, 0.2) is 43.0 Å². The van der Waals surface area contributed by atoms with Crippen LogP contribution in [-0.4, -0.2) is 19.9 Å². The quantitative estimate of drug-likeness (QED) is 0.770. The predicted octanol–water partition coefficient (Wildman–Crippen LogP) is 4.21. The maximum atomic E-state index is 12.9. The Labute approximate surface area is 143 Å². The molecule has 0 aliphatic carbocycles. The molecule has 1 atom stereocenters. The third-order valence-corrected chi connectivity index (χ3v) is 4.30. The van der Waals surface area contributed by atoms with Crippen LogP contribution in [0.3, 0.4) is 0 Å². The summed E-state index contributed by atoms with van der Waals surface area (Å²) in [5.74, 6) is -1.28. The van der Waals surface area contributed by atoms with Crippen LogP contribution in [0.2, 0.25) is 0 Å². The van der Waals surface area contributed by atoms with Crippen LogP contribution >= 0.6 is 0 Å². The predicted molar refractivity (Wildman–Crippen MR) is 87.1 cm³/mol. The largest absolute Gasteiger partial charge is 0.451 e. The molecule has 2 aromatic heterocycles. The normalized spacial score (nSPS) is 13.0. The van der Waals surface area contributed by atoms with Crippen molar-refractivity contribution in [1.82, 2.24) is 19.9 Å². The molecule has 130 valence electrons. The third-order valence-electron chi connectivity index (χ3n) is 4.30. The monoisotopic (exact) mass is 346 g/mol. The zero-order valence-corrected chi connectivity index (χ0v) is 13.8. The van der Waals surface area contributed by atoms with Crippen molar-refractivity contribution in [2.75, 3.05) is 0 Å². The average Bonchev–Trinajstić information content (AvgIpc) is 3.09. The first-order valence-corrected chi connectivity index (χ1v) is 7.79. The van der Waals surface area contributed by atoms with Crippen molar-refractivity contribution < 1.29 is 13.2 Å². The molecule has 0 bridgehead atoms. The number of alkyl halides is 3. The number of aromatic amines is 1. The van der Waals surface area contributed by atoms with E-state index in [1.807, 2.05) is 32.0 Å². The Balaban J connectivity index is 2.01. The average molecular weight is 346 g/mol. The molecule has 0 radical (unpaired) electrons. The number of hydrogen-bond donors (Lipinski definition) is 1. The molecule has 0 unspecified atom stereocenters. The Morgan fingerprint density at radius 1 is 1.16 bits per heavy atom. The highest BCUT2D eigenvalue weighted by Gasteiger charge is 2.34. The highest BCUT2D eigenvalue weighted by molar-refractivity contribution is 5.40. The summed E-state index contributed by atoms with van der Waals surface area (Å²) in [4.78, 5) is 14.2. The lowest BCUT2D eigenvalue weighted by molar-refractivity contribution is -0.145. The van der Waals surface area contributed by atoms with Gasteiger partial charge in [-0.1, -0.05) is 18.2 Å². The fraction of sp³-hybridized carbons (Fsp3) is 0.278. The van der Waals surface area contributed by atoms with Crippen molar-refractivity contribution in [2.24, 2.45) is 0 Å². The van der Waals surface area contributed by atoms with Crippen molar-refractivity contribution >= 4 is 0 Å². The number of H-pyrrole nitrogens is 1. The van der Waals surface area contributed by atoms with Crippen molar-refractivity contribution in [3.63, 3.8) is 0 Å². The topological polar surface area (TPSA) is 54.5 Å². The molecule has 25 heavy (non-hydrogen) atoms. The molecule has 0 aliphatic heterocycles. The molecule has 0 aliphatic rings. The van der Waals surface area contributed by atoms with Crippen LogP contribution in [-0.2, 0) is 12.6 Å². The van der Waals surface area contributed by atoms with E-state index in [1.54, 1.807) is 12.5 Å². The number of rotatable bonds is 4. The molecule has 3 aromatic rings. The van der Waals surface area contributed by atoms with E-state index in [2.05, 4.69) is 19.9 Å². The SMILES string of the molecule is Cc1cccc([C@H](Cc2ccnc(C(F)(F)F)n2)c2cnc[nH]2)c1C. The van der Waals surface area contributed by atoms with E-state index in [1.165, 1.54) is 6.07 Å². The summed E-state index contributed by atoms with van der Waals surface area (Å²) in [6.07, 6.45) is 0.169. The molecule has 1 aromatic carbocycles. The summed E-state index contributed by atoms with van der Waals surface area (Å²) < 4.78 is 38.6. The number of benzene rings is 1. The van der Waals surface area contributed by atoms with Gasteiger partial charge in [0.2, 0.25) is 5.82 Å². The molecular weight excluding hydrogens is 329 g/mol. The highest BCUT2D eigenvalue weighted by Crippen LogP contribution is 2.31. The van der Waals surface area contributed by atoms with E-state index in [4.69, 9.17) is 0 Å². The number of imidazole rings is 1. The maximum Gasteiger partial charge on any atom is 0.451 e. The van der Waals surface area contributed by atoms with Gasteiger partial charge in [-0.15, -0.1) is 0 Å². The molecule has 4 nitrogen and oxygen atoms in total. The molecule has 0 fully saturated rings. The molecule has 0 saturated heterocycles. The molecule has 3 rings (SSSR count). The summed E-state index contributed by atoms with van der Waals surface area (Å²) >= 11 is 0. The van der Waals surface area contributed by atoms with Gasteiger partial charge in [-0.2, -0.15) is 13.2 Å². The second-order valence-electron chi connectivity index (χ2n) is 5.92. The summed E-state index contributed by atoms with van der Waals surface area (Å²) in [7, 11) is 0. The summed E-state index contributed by atoms with van der Waals surface area (Å²) in [6.45, 7) is 4.02. The second-order valence-corrected chi connectivity index (χ2v) is 5.92. The van der Waals surface area contributed by atoms with Crippen molar-refractivity contribution in [2.45, 2.75) is 32.4 Å². The summed E-state index contributed by atoms with van der Waals surface area (Å²) in [5.41, 5.74) is 4.44. The summed E-state index contributed by atoms with van der Waals surface area (Å²) in [6, 6.07) is 7.46.